The smallest absolute Gasteiger partial charge is 0.343 e. The normalized spacial score (nSPS) is 10.7. The Bertz CT molecular complexity index is 1410. The highest BCUT2D eigenvalue weighted by molar-refractivity contribution is 6.09. The van der Waals surface area contributed by atoms with Crippen LogP contribution in [0.25, 0.3) is 6.08 Å². The standard InChI is InChI=1S/C23H13FN4O7/c24-20-9-6-18(28(33)34)12-21(20)26-22(29)16(13-25)10-14-4-7-19(8-5-14)35-23(30)15-2-1-3-17(11-15)27(31)32/h1-12H,(H,26,29)/b16-10+. The first kappa shape index (κ1) is 24.2. The Balaban J connectivity index is 1.73. The molecule has 3 aromatic carbocycles. The molecule has 0 aromatic heterocycles. The van der Waals surface area contributed by atoms with Gasteiger partial charge < -0.3 is 10.1 Å². The lowest BCUT2D eigenvalue weighted by atomic mass is 10.1. The lowest BCUT2D eigenvalue weighted by molar-refractivity contribution is -0.385. The number of benzene rings is 3. The molecule has 1 N–H and O–H groups in total. The molecule has 174 valence electrons. The first-order chi connectivity index (χ1) is 16.7. The number of ether oxygens (including phenoxy) is 1. The highest BCUT2D eigenvalue weighted by atomic mass is 19.1. The number of nitro groups is 2. The number of nitriles is 1. The van der Waals surface area contributed by atoms with E-state index in [2.05, 4.69) is 5.32 Å². The maximum absolute atomic E-state index is 13.9. The summed E-state index contributed by atoms with van der Waals surface area (Å²) in [6, 6.07) is 14.8. The van der Waals surface area contributed by atoms with E-state index in [1.165, 1.54) is 48.5 Å². The van der Waals surface area contributed by atoms with Crippen molar-refractivity contribution >= 4 is 35.0 Å². The minimum atomic E-state index is -0.993. The Morgan fingerprint density at radius 1 is 0.971 bits per heavy atom. The Morgan fingerprint density at radius 3 is 2.26 bits per heavy atom. The van der Waals surface area contributed by atoms with Crippen molar-refractivity contribution in [2.24, 2.45) is 0 Å². The first-order valence-electron chi connectivity index (χ1n) is 9.61. The molecular formula is C23H13FN4O7. The molecule has 11 nitrogen and oxygen atoms in total. The number of amides is 1. The van der Waals surface area contributed by atoms with Crippen LogP contribution in [0, 0.1) is 37.4 Å². The summed E-state index contributed by atoms with van der Waals surface area (Å²) in [5.74, 6) is -2.64. The van der Waals surface area contributed by atoms with Gasteiger partial charge in [0.1, 0.15) is 23.2 Å². The molecule has 0 heterocycles. The molecule has 0 saturated heterocycles. The summed E-state index contributed by atoms with van der Waals surface area (Å²) in [6.07, 6.45) is 1.18. The fourth-order valence-corrected chi connectivity index (χ4v) is 2.77. The number of rotatable bonds is 7. The van der Waals surface area contributed by atoms with Crippen LogP contribution >= 0.6 is 0 Å². The fraction of sp³-hybridized carbons (Fsp3) is 0. The summed E-state index contributed by atoms with van der Waals surface area (Å²) < 4.78 is 19.1. The van der Waals surface area contributed by atoms with Crippen LogP contribution < -0.4 is 10.1 Å². The highest BCUT2D eigenvalue weighted by Crippen LogP contribution is 2.23. The molecular weight excluding hydrogens is 463 g/mol. The summed E-state index contributed by atoms with van der Waals surface area (Å²) >= 11 is 0. The number of esters is 1. The molecule has 0 aliphatic rings. The number of nitrogens with zero attached hydrogens (tertiary/aromatic N) is 3. The van der Waals surface area contributed by atoms with E-state index in [1.807, 2.05) is 0 Å². The Kier molecular flexibility index (Phi) is 7.23. The zero-order valence-corrected chi connectivity index (χ0v) is 17.5. The number of anilines is 1. The van der Waals surface area contributed by atoms with E-state index in [9.17, 15) is 39.5 Å². The van der Waals surface area contributed by atoms with E-state index in [0.717, 1.165) is 24.3 Å². The van der Waals surface area contributed by atoms with Crippen molar-refractivity contribution in [2.75, 3.05) is 5.32 Å². The second-order valence-electron chi connectivity index (χ2n) is 6.81. The van der Waals surface area contributed by atoms with E-state index in [1.54, 1.807) is 6.07 Å². The zero-order chi connectivity index (χ0) is 25.5. The van der Waals surface area contributed by atoms with Crippen LogP contribution in [0.4, 0.5) is 21.5 Å². The number of nitro benzene ring substituents is 2. The van der Waals surface area contributed by atoms with Crippen LogP contribution in [0.1, 0.15) is 15.9 Å². The van der Waals surface area contributed by atoms with Gasteiger partial charge in [-0.05, 0) is 35.9 Å². The van der Waals surface area contributed by atoms with Crippen molar-refractivity contribution in [3.05, 3.63) is 109 Å². The van der Waals surface area contributed by atoms with E-state index in [-0.39, 0.29) is 17.0 Å². The molecule has 35 heavy (non-hydrogen) atoms. The average molecular weight is 476 g/mol. The van der Waals surface area contributed by atoms with Gasteiger partial charge in [0.15, 0.2) is 0 Å². The molecule has 0 aliphatic carbocycles. The van der Waals surface area contributed by atoms with Gasteiger partial charge in [-0.2, -0.15) is 5.26 Å². The summed E-state index contributed by atoms with van der Waals surface area (Å²) in [4.78, 5) is 44.9. The molecule has 0 aliphatic heterocycles. The maximum Gasteiger partial charge on any atom is 0.343 e. The van der Waals surface area contributed by atoms with Gasteiger partial charge >= 0.3 is 5.97 Å². The molecule has 3 rings (SSSR count). The topological polar surface area (TPSA) is 165 Å². The van der Waals surface area contributed by atoms with E-state index >= 15 is 0 Å². The van der Waals surface area contributed by atoms with Gasteiger partial charge in [0.05, 0.1) is 21.1 Å². The van der Waals surface area contributed by atoms with Gasteiger partial charge in [0.25, 0.3) is 17.3 Å². The van der Waals surface area contributed by atoms with Crippen molar-refractivity contribution in [1.29, 1.82) is 5.26 Å². The number of hydrogen-bond acceptors (Lipinski definition) is 8. The van der Waals surface area contributed by atoms with Crippen molar-refractivity contribution < 1.29 is 28.6 Å². The third-order valence-electron chi connectivity index (χ3n) is 4.47. The minimum Gasteiger partial charge on any atom is -0.423 e. The molecule has 0 spiro atoms. The third kappa shape index (κ3) is 6.08. The van der Waals surface area contributed by atoms with Crippen molar-refractivity contribution in [2.45, 2.75) is 0 Å². The Hall–Kier alpha value is -5.44. The highest BCUT2D eigenvalue weighted by Gasteiger charge is 2.16. The van der Waals surface area contributed by atoms with Crippen LogP contribution in [0.15, 0.2) is 72.3 Å². The second kappa shape index (κ2) is 10.5. The number of hydrogen-bond donors (Lipinski definition) is 1. The third-order valence-corrected chi connectivity index (χ3v) is 4.47. The van der Waals surface area contributed by atoms with E-state index in [0.29, 0.717) is 5.56 Å². The molecule has 12 heteroatoms. The van der Waals surface area contributed by atoms with Crippen LogP contribution in [0.2, 0.25) is 0 Å². The van der Waals surface area contributed by atoms with E-state index in [4.69, 9.17) is 4.74 Å². The van der Waals surface area contributed by atoms with Gasteiger partial charge in [-0.1, -0.05) is 18.2 Å². The maximum atomic E-state index is 13.9. The van der Waals surface area contributed by atoms with Crippen molar-refractivity contribution in [3.63, 3.8) is 0 Å². The molecule has 0 radical (unpaired) electrons. The summed E-state index contributed by atoms with van der Waals surface area (Å²) in [7, 11) is 0. The second-order valence-corrected chi connectivity index (χ2v) is 6.81. The van der Waals surface area contributed by atoms with Crippen molar-refractivity contribution in [1.82, 2.24) is 0 Å². The monoisotopic (exact) mass is 476 g/mol. The van der Waals surface area contributed by atoms with Crippen molar-refractivity contribution in [3.8, 4) is 11.8 Å². The summed E-state index contributed by atoms with van der Waals surface area (Å²) in [6.45, 7) is 0. The fourth-order valence-electron chi connectivity index (χ4n) is 2.77. The lowest BCUT2D eigenvalue weighted by Gasteiger charge is -2.06. The predicted octanol–water partition coefficient (Wildman–Crippen LogP) is 4.41. The largest absolute Gasteiger partial charge is 0.423 e. The van der Waals surface area contributed by atoms with Crippen LogP contribution in [-0.4, -0.2) is 21.7 Å². The van der Waals surface area contributed by atoms with Crippen LogP contribution in [-0.2, 0) is 4.79 Å². The molecule has 0 bridgehead atoms. The number of non-ortho nitro benzene ring substituents is 2. The number of halogens is 1. The first-order valence-corrected chi connectivity index (χ1v) is 9.61. The Morgan fingerprint density at radius 2 is 1.63 bits per heavy atom. The van der Waals surface area contributed by atoms with Gasteiger partial charge in [-0.15, -0.1) is 0 Å². The molecule has 1 amide bonds. The quantitative estimate of drug-likeness (QED) is 0.131. The van der Waals surface area contributed by atoms with E-state index < -0.39 is 44.5 Å². The molecule has 3 aromatic rings. The SMILES string of the molecule is N#C/C(=C\c1ccc(OC(=O)c2cccc([N+](=O)[O-])c2)cc1)C(=O)Nc1cc([N+](=O)[O-])ccc1F. The minimum absolute atomic E-state index is 0.0278. The van der Waals surface area contributed by atoms with Gasteiger partial charge in [0, 0.05) is 24.3 Å². The van der Waals surface area contributed by atoms with Gasteiger partial charge in [-0.25, -0.2) is 9.18 Å². The van der Waals surface area contributed by atoms with Gasteiger partial charge in [0.2, 0.25) is 0 Å². The van der Waals surface area contributed by atoms with Gasteiger partial charge in [-0.3, -0.25) is 25.0 Å². The lowest BCUT2D eigenvalue weighted by Crippen LogP contribution is -2.14. The Labute approximate surface area is 196 Å². The predicted molar refractivity (Wildman–Crippen MR) is 120 cm³/mol. The molecule has 0 unspecified atom stereocenters. The summed E-state index contributed by atoms with van der Waals surface area (Å²) in [5.41, 5.74) is -1.27. The summed E-state index contributed by atoms with van der Waals surface area (Å²) in [5, 5.41) is 33.1. The molecule has 0 saturated carbocycles. The zero-order valence-electron chi connectivity index (χ0n) is 17.5. The number of carbonyl (C=O) groups excluding carboxylic acids is 2. The average Bonchev–Trinajstić information content (AvgIpc) is 2.84. The number of carbonyl (C=O) groups is 2. The molecule has 0 atom stereocenters. The molecule has 0 fully saturated rings. The van der Waals surface area contributed by atoms with Crippen LogP contribution in [0.5, 0.6) is 5.75 Å². The van der Waals surface area contributed by atoms with Crippen LogP contribution in [0.3, 0.4) is 0 Å². The number of nitrogens with one attached hydrogen (secondary N) is 1.